The molecule has 3 N–H and O–H groups in total. The van der Waals surface area contributed by atoms with Gasteiger partial charge in [-0.2, -0.15) is 0 Å². The van der Waals surface area contributed by atoms with Gasteiger partial charge in [-0.05, 0) is 36.8 Å². The third-order valence-electron chi connectivity index (χ3n) is 4.28. The summed E-state index contributed by atoms with van der Waals surface area (Å²) in [5, 5.41) is 9.38. The first-order valence-corrected chi connectivity index (χ1v) is 7.10. The number of nitrogens with two attached hydrogens (primary N) is 1. The van der Waals surface area contributed by atoms with Crippen LogP contribution in [0.5, 0.6) is 0 Å². The molecule has 1 rings (SSSR count). The van der Waals surface area contributed by atoms with Gasteiger partial charge in [0, 0.05) is 18.1 Å². The van der Waals surface area contributed by atoms with E-state index in [4.69, 9.17) is 5.73 Å². The Morgan fingerprint density at radius 3 is 2.17 bits per heavy atom. The van der Waals surface area contributed by atoms with Crippen molar-refractivity contribution < 1.29 is 5.11 Å². The zero-order chi connectivity index (χ0) is 13.6. The molecule has 0 bridgehead atoms. The molecule has 0 amide bonds. The number of aryl methyl sites for hydroxylation is 1. The van der Waals surface area contributed by atoms with E-state index in [1.807, 2.05) is 0 Å². The predicted molar refractivity (Wildman–Crippen MR) is 77.8 cm³/mol. The second-order valence-electron chi connectivity index (χ2n) is 5.05. The van der Waals surface area contributed by atoms with Crippen LogP contribution >= 0.6 is 0 Å². The van der Waals surface area contributed by atoms with Gasteiger partial charge in [0.2, 0.25) is 0 Å². The zero-order valence-electron chi connectivity index (χ0n) is 11.9. The molecular weight excluding hydrogens is 222 g/mol. The molecule has 2 unspecified atom stereocenters. The second-order valence-corrected chi connectivity index (χ2v) is 5.05. The zero-order valence-corrected chi connectivity index (χ0v) is 11.9. The van der Waals surface area contributed by atoms with Crippen LogP contribution in [0, 0.1) is 0 Å². The first-order valence-electron chi connectivity index (χ1n) is 7.10. The van der Waals surface area contributed by atoms with Crippen molar-refractivity contribution in [1.29, 1.82) is 0 Å². The minimum absolute atomic E-state index is 0.0875. The Hall–Kier alpha value is -0.860. The maximum absolute atomic E-state index is 9.38. The fraction of sp³-hybridized carbons (Fsp3) is 0.625. The van der Waals surface area contributed by atoms with E-state index in [0.717, 1.165) is 25.7 Å². The Labute approximate surface area is 111 Å². The topological polar surface area (TPSA) is 46.2 Å². The highest BCUT2D eigenvalue weighted by molar-refractivity contribution is 5.31. The summed E-state index contributed by atoms with van der Waals surface area (Å²) in [6.07, 6.45) is 3.70. The molecule has 0 spiro atoms. The van der Waals surface area contributed by atoms with E-state index >= 15 is 0 Å². The Kier molecular flexibility index (Phi) is 5.83. The number of aliphatic hydroxyl groups excluding tert-OH is 1. The average Bonchev–Trinajstić information content (AvgIpc) is 2.44. The Balaban J connectivity index is 3.14. The van der Waals surface area contributed by atoms with Crippen molar-refractivity contribution in [2.24, 2.45) is 5.73 Å². The Bertz CT molecular complexity index is 347. The molecule has 0 radical (unpaired) electrons. The molecule has 102 valence electrons. The molecule has 0 aliphatic carbocycles. The van der Waals surface area contributed by atoms with E-state index in [0.29, 0.717) is 0 Å². The van der Waals surface area contributed by atoms with Gasteiger partial charge >= 0.3 is 0 Å². The van der Waals surface area contributed by atoms with Crippen LogP contribution in [0.15, 0.2) is 24.3 Å². The summed E-state index contributed by atoms with van der Waals surface area (Å²) in [5.41, 5.74) is 8.87. The van der Waals surface area contributed by atoms with E-state index < -0.39 is 0 Å². The SMILES string of the molecule is CCc1ccc(C(CC)(CCO)C(N)CC)cc1. The standard InChI is InChI=1S/C16H27NO/c1-4-13-7-9-14(10-8-13)16(6-3,11-12-18)15(17)5-2/h7-10,15,18H,4-6,11-12,17H2,1-3H3. The van der Waals surface area contributed by atoms with Gasteiger partial charge in [0.15, 0.2) is 0 Å². The highest BCUT2D eigenvalue weighted by Crippen LogP contribution is 2.35. The third kappa shape index (κ3) is 2.93. The van der Waals surface area contributed by atoms with E-state index in [2.05, 4.69) is 45.0 Å². The van der Waals surface area contributed by atoms with Gasteiger partial charge in [0.1, 0.15) is 0 Å². The summed E-state index contributed by atoms with van der Waals surface area (Å²) in [7, 11) is 0. The van der Waals surface area contributed by atoms with Gasteiger partial charge in [-0.15, -0.1) is 0 Å². The van der Waals surface area contributed by atoms with Gasteiger partial charge < -0.3 is 10.8 Å². The summed E-state index contributed by atoms with van der Waals surface area (Å²) in [4.78, 5) is 0. The lowest BCUT2D eigenvalue weighted by molar-refractivity contribution is 0.206. The molecule has 0 heterocycles. The van der Waals surface area contributed by atoms with Crippen molar-refractivity contribution in [3.05, 3.63) is 35.4 Å². The molecule has 0 saturated heterocycles. The van der Waals surface area contributed by atoms with E-state index in [1.54, 1.807) is 0 Å². The summed E-state index contributed by atoms with van der Waals surface area (Å²) in [6.45, 7) is 6.64. The van der Waals surface area contributed by atoms with Crippen molar-refractivity contribution in [2.45, 2.75) is 57.9 Å². The lowest BCUT2D eigenvalue weighted by Gasteiger charge is -2.38. The van der Waals surface area contributed by atoms with Crippen LogP contribution in [0.2, 0.25) is 0 Å². The number of aliphatic hydroxyl groups is 1. The van der Waals surface area contributed by atoms with Crippen LogP contribution in [-0.2, 0) is 11.8 Å². The highest BCUT2D eigenvalue weighted by atomic mass is 16.3. The molecule has 1 aromatic rings. The lowest BCUT2D eigenvalue weighted by Crippen LogP contribution is -2.45. The molecule has 2 atom stereocenters. The molecule has 0 aliphatic rings. The lowest BCUT2D eigenvalue weighted by atomic mass is 9.69. The fourth-order valence-corrected chi connectivity index (χ4v) is 2.85. The number of hydrogen-bond donors (Lipinski definition) is 2. The smallest absolute Gasteiger partial charge is 0.0440 e. The summed E-state index contributed by atoms with van der Waals surface area (Å²) < 4.78 is 0. The van der Waals surface area contributed by atoms with Gasteiger partial charge in [-0.25, -0.2) is 0 Å². The minimum Gasteiger partial charge on any atom is -0.396 e. The van der Waals surface area contributed by atoms with E-state index in [9.17, 15) is 5.11 Å². The van der Waals surface area contributed by atoms with Crippen molar-refractivity contribution in [3.8, 4) is 0 Å². The molecule has 2 nitrogen and oxygen atoms in total. The van der Waals surface area contributed by atoms with Crippen LogP contribution in [0.3, 0.4) is 0 Å². The van der Waals surface area contributed by atoms with Crippen LogP contribution in [0.25, 0.3) is 0 Å². The van der Waals surface area contributed by atoms with Crippen LogP contribution < -0.4 is 5.73 Å². The molecule has 18 heavy (non-hydrogen) atoms. The van der Waals surface area contributed by atoms with E-state index in [1.165, 1.54) is 11.1 Å². The van der Waals surface area contributed by atoms with Gasteiger partial charge in [-0.1, -0.05) is 45.0 Å². The first kappa shape index (κ1) is 15.2. The summed E-state index contributed by atoms with van der Waals surface area (Å²) in [6, 6.07) is 8.84. The van der Waals surface area contributed by atoms with E-state index in [-0.39, 0.29) is 18.1 Å². The number of rotatable bonds is 7. The molecular formula is C16H27NO. The second kappa shape index (κ2) is 6.91. The minimum atomic E-state index is -0.0875. The number of hydrogen-bond acceptors (Lipinski definition) is 2. The molecule has 0 saturated carbocycles. The van der Waals surface area contributed by atoms with Crippen LogP contribution in [0.4, 0.5) is 0 Å². The average molecular weight is 249 g/mol. The molecule has 0 aliphatic heterocycles. The molecule has 0 aromatic heterocycles. The Morgan fingerprint density at radius 2 is 1.78 bits per heavy atom. The third-order valence-corrected chi connectivity index (χ3v) is 4.28. The van der Waals surface area contributed by atoms with Gasteiger partial charge in [0.05, 0.1) is 0 Å². The quantitative estimate of drug-likeness (QED) is 0.780. The fourth-order valence-electron chi connectivity index (χ4n) is 2.85. The largest absolute Gasteiger partial charge is 0.396 e. The maximum atomic E-state index is 9.38. The summed E-state index contributed by atoms with van der Waals surface area (Å²) >= 11 is 0. The molecule has 1 aromatic carbocycles. The summed E-state index contributed by atoms with van der Waals surface area (Å²) in [5.74, 6) is 0. The normalized spacial score (nSPS) is 16.3. The monoisotopic (exact) mass is 249 g/mol. The van der Waals surface area contributed by atoms with Crippen molar-refractivity contribution in [1.82, 2.24) is 0 Å². The van der Waals surface area contributed by atoms with Crippen LogP contribution in [0.1, 0.15) is 51.2 Å². The first-order chi connectivity index (χ1) is 8.64. The molecule has 0 fully saturated rings. The molecule has 2 heteroatoms. The predicted octanol–water partition coefficient (Wildman–Crippen LogP) is 3.02. The van der Waals surface area contributed by atoms with Crippen molar-refractivity contribution in [3.63, 3.8) is 0 Å². The van der Waals surface area contributed by atoms with Crippen LogP contribution in [-0.4, -0.2) is 17.8 Å². The van der Waals surface area contributed by atoms with Crippen molar-refractivity contribution in [2.75, 3.05) is 6.61 Å². The van der Waals surface area contributed by atoms with Gasteiger partial charge in [0.25, 0.3) is 0 Å². The Morgan fingerprint density at radius 1 is 1.17 bits per heavy atom. The maximum Gasteiger partial charge on any atom is 0.0440 e. The number of benzene rings is 1. The highest BCUT2D eigenvalue weighted by Gasteiger charge is 2.35. The van der Waals surface area contributed by atoms with Crippen molar-refractivity contribution >= 4 is 0 Å². The van der Waals surface area contributed by atoms with Gasteiger partial charge in [-0.3, -0.25) is 0 Å².